The van der Waals surface area contributed by atoms with Crippen molar-refractivity contribution in [1.29, 1.82) is 0 Å². The number of hydrogen-bond acceptors (Lipinski definition) is 8. The predicted molar refractivity (Wildman–Crippen MR) is 93.6 cm³/mol. The lowest BCUT2D eigenvalue weighted by Crippen LogP contribution is -2.04. The summed E-state index contributed by atoms with van der Waals surface area (Å²) >= 11 is 0. The summed E-state index contributed by atoms with van der Waals surface area (Å²) in [5.74, 6) is -0.178. The highest BCUT2D eigenvalue weighted by Gasteiger charge is 2.25. The molecule has 1 N–H and O–H groups in total. The van der Waals surface area contributed by atoms with Crippen LogP contribution in [-0.4, -0.2) is 39.3 Å². The van der Waals surface area contributed by atoms with Crippen LogP contribution in [-0.2, 0) is 4.74 Å². The number of nitro groups is 1. The Labute approximate surface area is 149 Å². The summed E-state index contributed by atoms with van der Waals surface area (Å²) in [6.45, 7) is 0. The Morgan fingerprint density at radius 3 is 2.15 bits per heavy atom. The van der Waals surface area contributed by atoms with Crippen molar-refractivity contribution < 1.29 is 28.7 Å². The zero-order valence-corrected chi connectivity index (χ0v) is 14.7. The van der Waals surface area contributed by atoms with E-state index in [4.69, 9.17) is 14.2 Å². The molecule has 0 amide bonds. The van der Waals surface area contributed by atoms with Gasteiger partial charge in [-0.3, -0.25) is 10.1 Å². The Hall–Kier alpha value is -3.49. The zero-order chi connectivity index (χ0) is 19.3. The summed E-state index contributed by atoms with van der Waals surface area (Å²) in [4.78, 5) is 22.7. The smallest absolute Gasteiger partial charge is 0.338 e. The molecule has 0 spiro atoms. The first-order valence-corrected chi connectivity index (χ1v) is 7.44. The maximum Gasteiger partial charge on any atom is 0.338 e. The second kappa shape index (κ2) is 8.06. The number of methoxy groups -OCH3 is 3. The average Bonchev–Trinajstić information content (AvgIpc) is 2.66. The molecule has 26 heavy (non-hydrogen) atoms. The zero-order valence-electron chi connectivity index (χ0n) is 14.7. The topological polar surface area (TPSA) is 109 Å². The molecular weight excluding hydrogens is 344 g/mol. The number of esters is 1. The number of nitro benzene ring substituents is 1. The van der Waals surface area contributed by atoms with Gasteiger partial charge in [-0.1, -0.05) is 6.07 Å². The van der Waals surface area contributed by atoms with Crippen LogP contribution in [0.3, 0.4) is 0 Å². The fourth-order valence-electron chi connectivity index (χ4n) is 2.32. The number of carbonyl (C=O) groups is 1. The van der Waals surface area contributed by atoms with Gasteiger partial charge < -0.3 is 24.3 Å². The molecule has 138 valence electrons. The first kappa shape index (κ1) is 18.8. The number of nitrogens with zero attached hydrogens (tertiary/aromatic N) is 1. The second-order valence-corrected chi connectivity index (χ2v) is 4.96. The van der Waals surface area contributed by atoms with Crippen LogP contribution in [0.2, 0.25) is 0 Å². The molecule has 0 heterocycles. The predicted octanol–water partition coefficient (Wildman–Crippen LogP) is 3.23. The van der Waals surface area contributed by atoms with Crippen molar-refractivity contribution in [3.05, 3.63) is 46.0 Å². The molecule has 9 heteroatoms. The number of benzene rings is 2. The lowest BCUT2D eigenvalue weighted by Gasteiger charge is -2.16. The van der Waals surface area contributed by atoms with Crippen molar-refractivity contribution >= 4 is 17.3 Å². The number of ether oxygens (including phenoxy) is 4. The molecule has 0 radical (unpaired) electrons. The first-order valence-electron chi connectivity index (χ1n) is 7.44. The molecule has 0 aliphatic rings. The van der Waals surface area contributed by atoms with E-state index in [-0.39, 0.29) is 39.9 Å². The first-order chi connectivity index (χ1) is 12.5. The third kappa shape index (κ3) is 3.61. The fraction of sp³-hybridized carbons (Fsp3) is 0.235. The van der Waals surface area contributed by atoms with Crippen molar-refractivity contribution in [3.8, 4) is 23.0 Å². The standard InChI is InChI=1S/C17H18N2O7/c1-18-11-6-5-7-12(15(11)19(21)22)26-16-13(23-2)8-10(17(20)25-4)9-14(16)24-3/h5-9,18H,1-4H3. The van der Waals surface area contributed by atoms with Crippen LogP contribution in [0.25, 0.3) is 0 Å². The molecule has 0 saturated carbocycles. The minimum absolute atomic E-state index is 0.00994. The van der Waals surface area contributed by atoms with Crippen molar-refractivity contribution in [2.75, 3.05) is 33.7 Å². The van der Waals surface area contributed by atoms with Crippen LogP contribution in [0.1, 0.15) is 10.4 Å². The van der Waals surface area contributed by atoms with E-state index in [0.29, 0.717) is 0 Å². The van der Waals surface area contributed by atoms with Crippen LogP contribution in [0.5, 0.6) is 23.0 Å². The van der Waals surface area contributed by atoms with Crippen LogP contribution < -0.4 is 19.5 Å². The van der Waals surface area contributed by atoms with Crippen LogP contribution >= 0.6 is 0 Å². The van der Waals surface area contributed by atoms with Gasteiger partial charge >= 0.3 is 11.7 Å². The van der Waals surface area contributed by atoms with Gasteiger partial charge in [-0.2, -0.15) is 0 Å². The molecule has 0 unspecified atom stereocenters. The van der Waals surface area contributed by atoms with Gasteiger partial charge in [0.05, 0.1) is 31.8 Å². The molecule has 2 aromatic carbocycles. The van der Waals surface area contributed by atoms with E-state index in [0.717, 1.165) is 0 Å². The summed E-state index contributed by atoms with van der Waals surface area (Å²) in [6, 6.07) is 7.41. The Kier molecular flexibility index (Phi) is 5.84. The molecule has 0 fully saturated rings. The highest BCUT2D eigenvalue weighted by molar-refractivity contribution is 5.91. The normalized spacial score (nSPS) is 10.0. The van der Waals surface area contributed by atoms with Gasteiger partial charge in [0.2, 0.25) is 11.5 Å². The molecule has 2 rings (SSSR count). The maximum atomic E-state index is 11.8. The van der Waals surface area contributed by atoms with Crippen molar-refractivity contribution in [1.82, 2.24) is 0 Å². The number of para-hydroxylation sites is 1. The molecule has 0 atom stereocenters. The van der Waals surface area contributed by atoms with Gasteiger partial charge in [0.15, 0.2) is 11.5 Å². The highest BCUT2D eigenvalue weighted by atomic mass is 16.6. The number of anilines is 1. The van der Waals surface area contributed by atoms with Crippen LogP contribution in [0, 0.1) is 10.1 Å². The Balaban J connectivity index is 2.60. The Morgan fingerprint density at radius 2 is 1.69 bits per heavy atom. The third-order valence-corrected chi connectivity index (χ3v) is 3.54. The Bertz CT molecular complexity index is 811. The van der Waals surface area contributed by atoms with E-state index < -0.39 is 10.9 Å². The third-order valence-electron chi connectivity index (χ3n) is 3.54. The van der Waals surface area contributed by atoms with E-state index in [1.165, 1.54) is 39.5 Å². The molecular formula is C17H18N2O7. The number of carbonyl (C=O) groups excluding carboxylic acids is 1. The van der Waals surface area contributed by atoms with Crippen molar-refractivity contribution in [2.45, 2.75) is 0 Å². The van der Waals surface area contributed by atoms with Gasteiger partial charge in [0.1, 0.15) is 5.69 Å². The van der Waals surface area contributed by atoms with E-state index in [2.05, 4.69) is 10.1 Å². The lowest BCUT2D eigenvalue weighted by atomic mass is 10.1. The summed E-state index contributed by atoms with van der Waals surface area (Å²) in [5, 5.41) is 14.2. The molecule has 0 aromatic heterocycles. The van der Waals surface area contributed by atoms with Gasteiger partial charge in [-0.25, -0.2) is 4.79 Å². The molecule has 0 aliphatic carbocycles. The highest BCUT2D eigenvalue weighted by Crippen LogP contribution is 2.45. The van der Waals surface area contributed by atoms with E-state index >= 15 is 0 Å². The average molecular weight is 362 g/mol. The van der Waals surface area contributed by atoms with Crippen molar-refractivity contribution in [3.63, 3.8) is 0 Å². The summed E-state index contributed by atoms with van der Waals surface area (Å²) in [7, 11) is 5.57. The minimum Gasteiger partial charge on any atom is -0.493 e. The van der Waals surface area contributed by atoms with Gasteiger partial charge in [0, 0.05) is 7.05 Å². The van der Waals surface area contributed by atoms with Crippen molar-refractivity contribution in [2.24, 2.45) is 0 Å². The maximum absolute atomic E-state index is 11.8. The van der Waals surface area contributed by atoms with Gasteiger partial charge in [0.25, 0.3) is 0 Å². The van der Waals surface area contributed by atoms with Gasteiger partial charge in [-0.05, 0) is 24.3 Å². The lowest BCUT2D eigenvalue weighted by molar-refractivity contribution is -0.384. The van der Waals surface area contributed by atoms with Crippen LogP contribution in [0.15, 0.2) is 30.3 Å². The SMILES string of the molecule is CNc1cccc(Oc2c(OC)cc(C(=O)OC)cc2OC)c1[N+](=O)[O-]. The van der Waals surface area contributed by atoms with E-state index in [9.17, 15) is 14.9 Å². The summed E-state index contributed by atoms with van der Waals surface area (Å²) in [6.07, 6.45) is 0. The molecule has 9 nitrogen and oxygen atoms in total. The monoisotopic (exact) mass is 362 g/mol. The number of hydrogen-bond donors (Lipinski definition) is 1. The number of nitrogens with one attached hydrogen (secondary N) is 1. The quantitative estimate of drug-likeness (QED) is 0.454. The molecule has 2 aromatic rings. The summed E-state index contributed by atoms with van der Waals surface area (Å²) in [5.41, 5.74) is 0.236. The minimum atomic E-state index is -0.587. The van der Waals surface area contributed by atoms with Gasteiger partial charge in [-0.15, -0.1) is 0 Å². The largest absolute Gasteiger partial charge is 0.493 e. The van der Waals surface area contributed by atoms with Crippen LogP contribution in [0.4, 0.5) is 11.4 Å². The second-order valence-electron chi connectivity index (χ2n) is 4.96. The molecule has 0 saturated heterocycles. The molecule has 0 aliphatic heterocycles. The fourth-order valence-corrected chi connectivity index (χ4v) is 2.32. The molecule has 0 bridgehead atoms. The summed E-state index contributed by atoms with van der Waals surface area (Å²) < 4.78 is 20.9. The van der Waals surface area contributed by atoms with E-state index in [1.54, 1.807) is 19.2 Å². The van der Waals surface area contributed by atoms with E-state index in [1.807, 2.05) is 0 Å². The Morgan fingerprint density at radius 1 is 1.08 bits per heavy atom. The number of rotatable bonds is 7.